The molecule has 2 aromatic heterocycles. The highest BCUT2D eigenvalue weighted by molar-refractivity contribution is 6.06. The van der Waals surface area contributed by atoms with Crippen molar-refractivity contribution in [3.63, 3.8) is 0 Å². The minimum atomic E-state index is -0.797. The summed E-state index contributed by atoms with van der Waals surface area (Å²) in [6.45, 7) is 17.7. The van der Waals surface area contributed by atoms with Crippen molar-refractivity contribution in [2.24, 2.45) is 11.8 Å². The molecule has 2 fully saturated rings. The number of carbonyl (C=O) groups is 4. The molecule has 8 aliphatic rings. The Balaban J connectivity index is 0.000000172. The van der Waals surface area contributed by atoms with E-state index in [9.17, 15) is 19.2 Å². The van der Waals surface area contributed by atoms with Crippen molar-refractivity contribution < 1.29 is 38.1 Å². The highest BCUT2D eigenvalue weighted by Gasteiger charge is 2.51. The average Bonchev–Trinajstić information content (AvgIpc) is 3.45. The van der Waals surface area contributed by atoms with Crippen LogP contribution < -0.4 is 18.9 Å². The SMILES string of the molecule is CC1=CC(C)=C(CN2CCc3c(c(C)c4c(c3-c3cccnc3)O[C@@](C)(C3CCC(N(C)C)CC3)O4)C2=O)C(=O)C1.CC1=CC(C)=C(CN2CCc3c(c(C)c4c(c3-c3cccnc3)O[C@](C)(C3CCC(N(C)C)CC3)O4)C2=O)C(=O)C1. The smallest absolute Gasteiger partial charge is 0.254 e. The van der Waals surface area contributed by atoms with E-state index in [4.69, 9.17) is 18.9 Å². The zero-order valence-electron chi connectivity index (χ0n) is 50.3. The lowest BCUT2D eigenvalue weighted by Crippen LogP contribution is -2.46. The van der Waals surface area contributed by atoms with Crippen molar-refractivity contribution in [3.05, 3.63) is 128 Å². The number of allylic oxidation sites excluding steroid dienone is 6. The zero-order valence-corrected chi connectivity index (χ0v) is 50.3. The Morgan fingerprint density at radius 1 is 0.524 bits per heavy atom. The second-order valence-corrected chi connectivity index (χ2v) is 25.3. The van der Waals surface area contributed by atoms with Gasteiger partial charge < -0.3 is 38.5 Å². The van der Waals surface area contributed by atoms with Gasteiger partial charge in [-0.1, -0.05) is 35.4 Å². The van der Waals surface area contributed by atoms with Crippen LogP contribution in [0.5, 0.6) is 23.0 Å². The monoisotopic (exact) mass is 1110 g/mol. The van der Waals surface area contributed by atoms with Gasteiger partial charge in [0.2, 0.25) is 0 Å². The van der Waals surface area contributed by atoms with Gasteiger partial charge in [0.1, 0.15) is 0 Å². The topological polar surface area (TPSA) is 144 Å². The summed E-state index contributed by atoms with van der Waals surface area (Å²) in [5, 5.41) is 0. The Morgan fingerprint density at radius 2 is 0.890 bits per heavy atom. The number of Topliss-reactive ketones (excluding diaryl/α,β-unsaturated/α-hetero) is 2. The number of fused-ring (bicyclic) bond motifs is 4. The molecule has 0 radical (unpaired) electrons. The van der Waals surface area contributed by atoms with E-state index in [0.29, 0.717) is 86.6 Å². The maximum atomic E-state index is 14.2. The van der Waals surface area contributed by atoms with Gasteiger partial charge >= 0.3 is 0 Å². The predicted molar refractivity (Wildman–Crippen MR) is 318 cm³/mol. The van der Waals surface area contributed by atoms with E-state index in [0.717, 1.165) is 141 Å². The Hall–Kier alpha value is -6.90. The lowest BCUT2D eigenvalue weighted by molar-refractivity contribution is -0.123. The van der Waals surface area contributed by atoms with Gasteiger partial charge in [0.15, 0.2) is 34.6 Å². The molecule has 2 aromatic carbocycles. The predicted octanol–water partition coefficient (Wildman–Crippen LogP) is 11.8. The lowest BCUT2D eigenvalue weighted by Gasteiger charge is -2.39. The van der Waals surface area contributed by atoms with E-state index in [1.54, 1.807) is 12.4 Å². The number of amides is 2. The van der Waals surface area contributed by atoms with Crippen molar-refractivity contribution in [2.45, 2.75) is 156 Å². The largest absolute Gasteiger partial charge is 0.448 e. The van der Waals surface area contributed by atoms with Crippen LogP contribution >= 0.6 is 0 Å². The molecule has 14 heteroatoms. The number of carbonyl (C=O) groups excluding carboxylic acids is 4. The van der Waals surface area contributed by atoms with Crippen molar-refractivity contribution in [1.82, 2.24) is 29.6 Å². The fourth-order valence-corrected chi connectivity index (χ4v) is 14.6. The van der Waals surface area contributed by atoms with Gasteiger partial charge in [0.25, 0.3) is 23.4 Å². The minimum Gasteiger partial charge on any atom is -0.448 e. The van der Waals surface area contributed by atoms with Gasteiger partial charge in [-0.3, -0.25) is 29.1 Å². The summed E-state index contributed by atoms with van der Waals surface area (Å²) >= 11 is 0. The van der Waals surface area contributed by atoms with Gasteiger partial charge in [-0.15, -0.1) is 0 Å². The Kier molecular flexibility index (Phi) is 15.5. The van der Waals surface area contributed by atoms with Gasteiger partial charge in [0.05, 0.1) is 11.1 Å². The Labute approximate surface area is 484 Å². The third-order valence-corrected chi connectivity index (χ3v) is 19.4. The molecule has 0 N–H and O–H groups in total. The van der Waals surface area contributed by atoms with Crippen LogP contribution in [0.25, 0.3) is 22.3 Å². The molecule has 0 unspecified atom stereocenters. The third-order valence-electron chi connectivity index (χ3n) is 19.4. The molecular formula is C68H82N6O8. The maximum absolute atomic E-state index is 14.2. The molecule has 4 aromatic rings. The molecule has 2 saturated carbocycles. The van der Waals surface area contributed by atoms with Crippen LogP contribution in [-0.2, 0) is 22.4 Å². The molecule has 4 aliphatic carbocycles. The molecule has 0 saturated heterocycles. The fraction of sp³-hybridized carbons (Fsp3) is 0.500. The van der Waals surface area contributed by atoms with Crippen molar-refractivity contribution in [3.8, 4) is 45.3 Å². The first kappa shape index (κ1) is 56.9. The normalized spacial score (nSPS) is 26.0. The summed E-state index contributed by atoms with van der Waals surface area (Å²) < 4.78 is 27.2. The van der Waals surface area contributed by atoms with Gasteiger partial charge in [-0.2, -0.15) is 0 Å². The molecule has 432 valence electrons. The average molecular weight is 1110 g/mol. The zero-order chi connectivity index (χ0) is 58.1. The molecular weight excluding hydrogens is 1030 g/mol. The number of nitrogens with zero attached hydrogens (tertiary/aromatic N) is 6. The van der Waals surface area contributed by atoms with Crippen LogP contribution in [0.3, 0.4) is 0 Å². The molecule has 2 amide bonds. The quantitative estimate of drug-likeness (QED) is 0.149. The highest BCUT2D eigenvalue weighted by atomic mass is 16.7. The van der Waals surface area contributed by atoms with Crippen LogP contribution in [-0.4, -0.2) is 131 Å². The number of ketones is 2. The number of pyridine rings is 2. The van der Waals surface area contributed by atoms with E-state index < -0.39 is 11.6 Å². The van der Waals surface area contributed by atoms with Crippen LogP contribution in [0.2, 0.25) is 0 Å². The number of hydrogen-bond donors (Lipinski definition) is 0. The summed E-state index contributed by atoms with van der Waals surface area (Å²) in [4.78, 5) is 71.3. The maximum Gasteiger partial charge on any atom is 0.254 e. The Bertz CT molecular complexity index is 3160. The van der Waals surface area contributed by atoms with E-state index in [1.807, 2.05) is 88.0 Å². The van der Waals surface area contributed by atoms with Gasteiger partial charge in [-0.25, -0.2) is 0 Å². The first-order chi connectivity index (χ1) is 39.1. The second kappa shape index (κ2) is 22.4. The summed E-state index contributed by atoms with van der Waals surface area (Å²) in [6, 6.07) is 9.05. The molecule has 0 spiro atoms. The van der Waals surface area contributed by atoms with E-state index >= 15 is 0 Å². The van der Waals surface area contributed by atoms with E-state index in [2.05, 4.69) is 74.0 Å². The summed E-state index contributed by atoms with van der Waals surface area (Å²) in [6.07, 6.45) is 22.0. The third kappa shape index (κ3) is 10.4. The first-order valence-corrected chi connectivity index (χ1v) is 29.8. The van der Waals surface area contributed by atoms with Crippen LogP contribution in [0.1, 0.15) is 149 Å². The van der Waals surface area contributed by atoms with Gasteiger partial charge in [-0.05, 0) is 168 Å². The summed E-state index contributed by atoms with van der Waals surface area (Å²) in [5.74, 6) is 1.81. The first-order valence-electron chi connectivity index (χ1n) is 29.8. The number of hydrogen-bond acceptors (Lipinski definition) is 12. The lowest BCUT2D eigenvalue weighted by atomic mass is 9.81. The van der Waals surface area contributed by atoms with Crippen LogP contribution in [0.15, 0.2) is 94.6 Å². The molecule has 6 heterocycles. The number of ether oxygens (including phenoxy) is 4. The number of benzene rings is 2. The van der Waals surface area contributed by atoms with E-state index in [-0.39, 0.29) is 35.2 Å². The van der Waals surface area contributed by atoms with Crippen LogP contribution in [0.4, 0.5) is 0 Å². The molecule has 14 nitrogen and oxygen atoms in total. The molecule has 12 rings (SSSR count). The number of aromatic nitrogens is 2. The highest BCUT2D eigenvalue weighted by Crippen LogP contribution is 2.57. The molecule has 2 atom stereocenters. The standard InChI is InChI=1S/2C34H41N3O4/c2*1-20-16-21(2)27(28(38)17-20)19-37-15-13-26-29(33(37)39)22(3)31-32(30(26)23-8-7-14-35-18-23)41-34(4,40-31)24-9-11-25(12-10-24)36(5)6/h2*7-8,14,16,18,24-25H,9-13,15,17,19H2,1-6H3/t2*24?,25?,34-/m10/s1. The molecule has 0 bridgehead atoms. The minimum absolute atomic E-state index is 0.0558. The summed E-state index contributed by atoms with van der Waals surface area (Å²) in [5.41, 5.74) is 14.1. The fourth-order valence-electron chi connectivity index (χ4n) is 14.6. The molecule has 4 aliphatic heterocycles. The van der Waals surface area contributed by atoms with E-state index in [1.165, 1.54) is 0 Å². The number of rotatable bonds is 10. The molecule has 82 heavy (non-hydrogen) atoms. The van der Waals surface area contributed by atoms with Crippen molar-refractivity contribution in [1.29, 1.82) is 0 Å². The summed E-state index contributed by atoms with van der Waals surface area (Å²) in [7, 11) is 8.61. The van der Waals surface area contributed by atoms with Crippen LogP contribution in [0, 0.1) is 25.7 Å². The van der Waals surface area contributed by atoms with Crippen molar-refractivity contribution in [2.75, 3.05) is 54.4 Å². The van der Waals surface area contributed by atoms with Gasteiger partial charge in [0, 0.05) is 146 Å². The van der Waals surface area contributed by atoms with Crippen molar-refractivity contribution >= 4 is 23.4 Å². The second-order valence-electron chi connectivity index (χ2n) is 25.3. The Morgan fingerprint density at radius 3 is 1.22 bits per heavy atom.